The van der Waals surface area contributed by atoms with E-state index in [9.17, 15) is 4.39 Å². The minimum absolute atomic E-state index is 0.0986. The zero-order valence-corrected chi connectivity index (χ0v) is 10.1. The van der Waals surface area contributed by atoms with Crippen LogP contribution in [-0.4, -0.2) is 25.8 Å². The molecule has 3 heteroatoms. The smallest absolute Gasteiger partial charge is 0.126 e. The molecule has 1 fully saturated rings. The summed E-state index contributed by atoms with van der Waals surface area (Å²) >= 11 is 0. The average Bonchev–Trinajstić information content (AvgIpc) is 2.60. The summed E-state index contributed by atoms with van der Waals surface area (Å²) in [4.78, 5) is 0. The Morgan fingerprint density at radius 1 is 1.24 bits per heavy atom. The number of hydrogen-bond acceptors (Lipinski definition) is 2. The van der Waals surface area contributed by atoms with Gasteiger partial charge in [-0.15, -0.1) is 0 Å². The molecule has 0 radical (unpaired) electrons. The number of halogens is 1. The van der Waals surface area contributed by atoms with E-state index in [1.807, 2.05) is 12.1 Å². The summed E-state index contributed by atoms with van der Waals surface area (Å²) in [6, 6.07) is 7.53. The van der Waals surface area contributed by atoms with Crippen molar-refractivity contribution in [3.05, 3.63) is 35.6 Å². The number of benzene rings is 1. The minimum atomic E-state index is -0.0986. The molecular formula is C14H20FNO. The molecule has 1 heterocycles. The molecular weight excluding hydrogens is 217 g/mol. The highest BCUT2D eigenvalue weighted by Crippen LogP contribution is 2.09. The van der Waals surface area contributed by atoms with Gasteiger partial charge in [-0.05, 0) is 43.9 Å². The standard InChI is InChI=1S/C14H20FNO/c15-14-6-2-1-4-12(14)7-9-16-13-5-3-10-17-11-8-13/h1-2,4,6,13,16H,3,5,7-11H2. The summed E-state index contributed by atoms with van der Waals surface area (Å²) in [5, 5.41) is 3.49. The number of ether oxygens (including phenoxy) is 1. The van der Waals surface area contributed by atoms with E-state index in [0.717, 1.165) is 51.0 Å². The second-order valence-corrected chi connectivity index (χ2v) is 4.54. The van der Waals surface area contributed by atoms with Gasteiger partial charge >= 0.3 is 0 Å². The summed E-state index contributed by atoms with van der Waals surface area (Å²) in [7, 11) is 0. The first-order valence-electron chi connectivity index (χ1n) is 6.41. The van der Waals surface area contributed by atoms with Crippen LogP contribution in [-0.2, 0) is 11.2 Å². The van der Waals surface area contributed by atoms with Crippen LogP contribution >= 0.6 is 0 Å². The highest BCUT2D eigenvalue weighted by atomic mass is 19.1. The van der Waals surface area contributed by atoms with Crippen LogP contribution in [0.3, 0.4) is 0 Å². The Labute approximate surface area is 102 Å². The fourth-order valence-electron chi connectivity index (χ4n) is 2.22. The molecule has 1 aliphatic rings. The van der Waals surface area contributed by atoms with Gasteiger partial charge in [0.2, 0.25) is 0 Å². The lowest BCUT2D eigenvalue weighted by Crippen LogP contribution is -2.31. The molecule has 0 aliphatic carbocycles. The monoisotopic (exact) mass is 237 g/mol. The van der Waals surface area contributed by atoms with Gasteiger partial charge in [0.1, 0.15) is 5.82 Å². The molecule has 1 N–H and O–H groups in total. The zero-order chi connectivity index (χ0) is 11.9. The molecule has 1 aliphatic heterocycles. The van der Waals surface area contributed by atoms with E-state index in [1.54, 1.807) is 6.07 Å². The van der Waals surface area contributed by atoms with Crippen molar-refractivity contribution in [1.29, 1.82) is 0 Å². The Morgan fingerprint density at radius 2 is 2.12 bits per heavy atom. The summed E-state index contributed by atoms with van der Waals surface area (Å²) in [5.74, 6) is -0.0986. The SMILES string of the molecule is Fc1ccccc1CCNC1CCCOCC1. The molecule has 1 atom stereocenters. The quantitative estimate of drug-likeness (QED) is 0.869. The second-order valence-electron chi connectivity index (χ2n) is 4.54. The maximum atomic E-state index is 13.4. The van der Waals surface area contributed by atoms with Crippen molar-refractivity contribution in [2.24, 2.45) is 0 Å². The molecule has 0 saturated carbocycles. The Morgan fingerprint density at radius 3 is 3.00 bits per heavy atom. The van der Waals surface area contributed by atoms with Crippen LogP contribution in [0.5, 0.6) is 0 Å². The third-order valence-electron chi connectivity index (χ3n) is 3.24. The molecule has 1 unspecified atom stereocenters. The summed E-state index contributed by atoms with van der Waals surface area (Å²) in [6.07, 6.45) is 4.11. The van der Waals surface area contributed by atoms with Crippen LogP contribution < -0.4 is 5.32 Å². The van der Waals surface area contributed by atoms with Crippen molar-refractivity contribution < 1.29 is 9.13 Å². The Kier molecular flexibility index (Phi) is 4.95. The largest absolute Gasteiger partial charge is 0.381 e. The van der Waals surface area contributed by atoms with Gasteiger partial charge in [0.15, 0.2) is 0 Å². The summed E-state index contributed by atoms with van der Waals surface area (Å²) in [6.45, 7) is 2.56. The number of hydrogen-bond donors (Lipinski definition) is 1. The van der Waals surface area contributed by atoms with E-state index >= 15 is 0 Å². The number of rotatable bonds is 4. The molecule has 2 nitrogen and oxygen atoms in total. The first kappa shape index (κ1) is 12.5. The Hall–Kier alpha value is -0.930. The van der Waals surface area contributed by atoms with Crippen LogP contribution in [0.4, 0.5) is 4.39 Å². The van der Waals surface area contributed by atoms with E-state index in [-0.39, 0.29) is 5.82 Å². The third-order valence-corrected chi connectivity index (χ3v) is 3.24. The molecule has 1 aromatic carbocycles. The highest BCUT2D eigenvalue weighted by Gasteiger charge is 2.11. The molecule has 0 bridgehead atoms. The zero-order valence-electron chi connectivity index (χ0n) is 10.1. The summed E-state index contributed by atoms with van der Waals surface area (Å²) in [5.41, 5.74) is 0.796. The van der Waals surface area contributed by atoms with E-state index in [1.165, 1.54) is 6.07 Å². The van der Waals surface area contributed by atoms with Gasteiger partial charge in [0.25, 0.3) is 0 Å². The lowest BCUT2D eigenvalue weighted by atomic mass is 10.1. The molecule has 17 heavy (non-hydrogen) atoms. The van der Waals surface area contributed by atoms with Gasteiger partial charge in [-0.3, -0.25) is 0 Å². The Bertz CT molecular complexity index is 335. The van der Waals surface area contributed by atoms with Gasteiger partial charge in [-0.1, -0.05) is 18.2 Å². The minimum Gasteiger partial charge on any atom is -0.381 e. The van der Waals surface area contributed by atoms with Gasteiger partial charge in [-0.2, -0.15) is 0 Å². The lowest BCUT2D eigenvalue weighted by molar-refractivity contribution is 0.142. The molecule has 0 amide bonds. The topological polar surface area (TPSA) is 21.3 Å². The maximum absolute atomic E-state index is 13.4. The Balaban J connectivity index is 1.73. The van der Waals surface area contributed by atoms with Crippen molar-refractivity contribution in [3.8, 4) is 0 Å². The molecule has 94 valence electrons. The van der Waals surface area contributed by atoms with Gasteiger partial charge in [0, 0.05) is 19.3 Å². The van der Waals surface area contributed by atoms with Gasteiger partial charge in [-0.25, -0.2) is 4.39 Å². The van der Waals surface area contributed by atoms with E-state index in [4.69, 9.17) is 4.74 Å². The van der Waals surface area contributed by atoms with Crippen molar-refractivity contribution in [2.45, 2.75) is 31.7 Å². The van der Waals surface area contributed by atoms with Crippen LogP contribution in [0.15, 0.2) is 24.3 Å². The molecule has 1 aromatic rings. The summed E-state index contributed by atoms with van der Waals surface area (Å²) < 4.78 is 18.8. The van der Waals surface area contributed by atoms with Gasteiger partial charge in [0.05, 0.1) is 0 Å². The van der Waals surface area contributed by atoms with Gasteiger partial charge < -0.3 is 10.1 Å². The van der Waals surface area contributed by atoms with Crippen molar-refractivity contribution in [1.82, 2.24) is 5.32 Å². The van der Waals surface area contributed by atoms with E-state index in [2.05, 4.69) is 5.32 Å². The van der Waals surface area contributed by atoms with Crippen molar-refractivity contribution >= 4 is 0 Å². The first-order chi connectivity index (χ1) is 8.36. The second kappa shape index (κ2) is 6.72. The molecule has 2 rings (SSSR count). The predicted octanol–water partition coefficient (Wildman–Crippen LogP) is 2.53. The van der Waals surface area contributed by atoms with Crippen LogP contribution in [0.25, 0.3) is 0 Å². The first-order valence-corrected chi connectivity index (χ1v) is 6.41. The fraction of sp³-hybridized carbons (Fsp3) is 0.571. The normalized spacial score (nSPS) is 21.1. The fourth-order valence-corrected chi connectivity index (χ4v) is 2.22. The van der Waals surface area contributed by atoms with Crippen LogP contribution in [0.1, 0.15) is 24.8 Å². The maximum Gasteiger partial charge on any atom is 0.126 e. The van der Waals surface area contributed by atoms with Crippen LogP contribution in [0.2, 0.25) is 0 Å². The lowest BCUT2D eigenvalue weighted by Gasteiger charge is -2.15. The third kappa shape index (κ3) is 4.10. The highest BCUT2D eigenvalue weighted by molar-refractivity contribution is 5.17. The van der Waals surface area contributed by atoms with Crippen LogP contribution in [0, 0.1) is 5.82 Å². The molecule has 0 spiro atoms. The van der Waals surface area contributed by atoms with E-state index < -0.39 is 0 Å². The van der Waals surface area contributed by atoms with Crippen molar-refractivity contribution in [2.75, 3.05) is 19.8 Å². The van der Waals surface area contributed by atoms with Crippen molar-refractivity contribution in [3.63, 3.8) is 0 Å². The number of nitrogens with one attached hydrogen (secondary N) is 1. The van der Waals surface area contributed by atoms with E-state index in [0.29, 0.717) is 6.04 Å². The average molecular weight is 237 g/mol. The molecule has 1 saturated heterocycles. The molecule has 0 aromatic heterocycles. The predicted molar refractivity (Wildman–Crippen MR) is 66.6 cm³/mol.